The van der Waals surface area contributed by atoms with Crippen molar-refractivity contribution in [3.05, 3.63) is 82.8 Å². The predicted octanol–water partition coefficient (Wildman–Crippen LogP) is 4.47. The lowest BCUT2D eigenvalue weighted by Crippen LogP contribution is -2.22. The summed E-state index contributed by atoms with van der Waals surface area (Å²) in [5, 5.41) is 3.04. The SMILES string of the molecule is CN(C)C(=O)c1cc(NC(=O)c2occc2COc2ccccc2)ccc1Cl. The molecule has 144 valence electrons. The van der Waals surface area contributed by atoms with Gasteiger partial charge in [0.25, 0.3) is 11.8 Å². The van der Waals surface area contributed by atoms with Crippen LogP contribution in [-0.2, 0) is 6.61 Å². The van der Waals surface area contributed by atoms with Crippen molar-refractivity contribution in [1.29, 1.82) is 0 Å². The van der Waals surface area contributed by atoms with Crippen molar-refractivity contribution < 1.29 is 18.7 Å². The fourth-order valence-electron chi connectivity index (χ4n) is 2.52. The molecular formula is C21H19ClN2O4. The van der Waals surface area contributed by atoms with Crippen molar-refractivity contribution in [2.24, 2.45) is 0 Å². The van der Waals surface area contributed by atoms with E-state index in [1.807, 2.05) is 30.3 Å². The third kappa shape index (κ3) is 4.53. The van der Waals surface area contributed by atoms with Gasteiger partial charge in [-0.2, -0.15) is 0 Å². The van der Waals surface area contributed by atoms with Crippen molar-refractivity contribution in [2.75, 3.05) is 19.4 Å². The molecule has 1 N–H and O–H groups in total. The number of carbonyl (C=O) groups is 2. The summed E-state index contributed by atoms with van der Waals surface area (Å²) >= 11 is 6.10. The van der Waals surface area contributed by atoms with Crippen LogP contribution in [0.15, 0.2) is 65.3 Å². The molecule has 0 spiro atoms. The van der Waals surface area contributed by atoms with Crippen LogP contribution in [0.3, 0.4) is 0 Å². The zero-order chi connectivity index (χ0) is 20.1. The van der Waals surface area contributed by atoms with E-state index in [0.717, 1.165) is 0 Å². The molecule has 0 saturated heterocycles. The summed E-state index contributed by atoms with van der Waals surface area (Å²) in [6, 6.07) is 15.7. The first-order valence-corrected chi connectivity index (χ1v) is 8.90. The number of hydrogen-bond donors (Lipinski definition) is 1. The number of nitrogens with zero attached hydrogens (tertiary/aromatic N) is 1. The summed E-state index contributed by atoms with van der Waals surface area (Å²) in [5.74, 6) is 0.143. The number of para-hydroxylation sites is 1. The van der Waals surface area contributed by atoms with Gasteiger partial charge in [0.15, 0.2) is 5.76 Å². The molecule has 28 heavy (non-hydrogen) atoms. The Morgan fingerprint density at radius 3 is 2.57 bits per heavy atom. The summed E-state index contributed by atoms with van der Waals surface area (Å²) < 4.78 is 11.0. The molecule has 1 heterocycles. The Kier molecular flexibility index (Phi) is 6.01. The summed E-state index contributed by atoms with van der Waals surface area (Å²) in [6.07, 6.45) is 1.43. The van der Waals surface area contributed by atoms with Gasteiger partial charge in [-0.3, -0.25) is 9.59 Å². The van der Waals surface area contributed by atoms with E-state index in [9.17, 15) is 9.59 Å². The molecule has 2 amide bonds. The van der Waals surface area contributed by atoms with Crippen molar-refractivity contribution in [3.8, 4) is 5.75 Å². The molecular weight excluding hydrogens is 380 g/mol. The standard InChI is InChI=1S/C21H19ClN2O4/c1-24(2)21(26)17-12-15(8-9-18(17)22)23-20(25)19-14(10-11-27-19)13-28-16-6-4-3-5-7-16/h3-12H,13H2,1-2H3,(H,23,25). The van der Waals surface area contributed by atoms with Crippen molar-refractivity contribution in [2.45, 2.75) is 6.61 Å². The normalized spacial score (nSPS) is 10.4. The molecule has 1 aromatic heterocycles. The van der Waals surface area contributed by atoms with Gasteiger partial charge in [0, 0.05) is 25.3 Å². The largest absolute Gasteiger partial charge is 0.489 e. The average molecular weight is 399 g/mol. The van der Waals surface area contributed by atoms with Crippen molar-refractivity contribution in [1.82, 2.24) is 4.90 Å². The van der Waals surface area contributed by atoms with Crippen molar-refractivity contribution >= 4 is 29.1 Å². The Labute approximate surface area is 167 Å². The Bertz CT molecular complexity index is 983. The zero-order valence-electron chi connectivity index (χ0n) is 15.4. The van der Waals surface area contributed by atoms with Gasteiger partial charge in [-0.05, 0) is 36.4 Å². The van der Waals surface area contributed by atoms with Crippen LogP contribution < -0.4 is 10.1 Å². The Balaban J connectivity index is 1.73. The summed E-state index contributed by atoms with van der Waals surface area (Å²) in [7, 11) is 3.26. The highest BCUT2D eigenvalue weighted by molar-refractivity contribution is 6.34. The van der Waals surface area contributed by atoms with Crippen LogP contribution in [-0.4, -0.2) is 30.8 Å². The van der Waals surface area contributed by atoms with E-state index in [4.69, 9.17) is 20.8 Å². The van der Waals surface area contributed by atoms with Crippen LogP contribution >= 0.6 is 11.6 Å². The Morgan fingerprint density at radius 1 is 1.11 bits per heavy atom. The molecule has 0 fully saturated rings. The van der Waals surface area contributed by atoms with Crippen LogP contribution in [0, 0.1) is 0 Å². The molecule has 0 radical (unpaired) electrons. The molecule has 0 bridgehead atoms. The maximum absolute atomic E-state index is 12.6. The highest BCUT2D eigenvalue weighted by Gasteiger charge is 2.18. The van der Waals surface area contributed by atoms with Crippen LogP contribution in [0.2, 0.25) is 5.02 Å². The maximum Gasteiger partial charge on any atom is 0.291 e. The number of anilines is 1. The molecule has 0 aliphatic rings. The zero-order valence-corrected chi connectivity index (χ0v) is 16.2. The van der Waals surface area contributed by atoms with E-state index in [1.54, 1.807) is 32.3 Å². The van der Waals surface area contributed by atoms with Gasteiger partial charge >= 0.3 is 0 Å². The second-order valence-corrected chi connectivity index (χ2v) is 6.63. The first kappa shape index (κ1) is 19.5. The summed E-state index contributed by atoms with van der Waals surface area (Å²) in [5.41, 5.74) is 1.35. The van der Waals surface area contributed by atoms with Gasteiger partial charge in [0.2, 0.25) is 0 Å². The minimum atomic E-state index is -0.442. The quantitative estimate of drug-likeness (QED) is 0.665. The topological polar surface area (TPSA) is 71.8 Å². The van der Waals surface area contributed by atoms with Crippen LogP contribution in [0.4, 0.5) is 5.69 Å². The maximum atomic E-state index is 12.6. The highest BCUT2D eigenvalue weighted by Crippen LogP contribution is 2.23. The van der Waals surface area contributed by atoms with E-state index in [2.05, 4.69) is 5.32 Å². The monoisotopic (exact) mass is 398 g/mol. The molecule has 0 atom stereocenters. The molecule has 7 heteroatoms. The molecule has 0 aliphatic carbocycles. The average Bonchev–Trinajstić information content (AvgIpc) is 3.17. The number of ether oxygens (including phenoxy) is 1. The number of rotatable bonds is 6. The van der Waals surface area contributed by atoms with Gasteiger partial charge < -0.3 is 19.4 Å². The van der Waals surface area contributed by atoms with Crippen molar-refractivity contribution in [3.63, 3.8) is 0 Å². The van der Waals surface area contributed by atoms with Crippen LogP contribution in [0.5, 0.6) is 5.75 Å². The van der Waals surface area contributed by atoms with E-state index in [1.165, 1.54) is 17.2 Å². The number of carbonyl (C=O) groups excluding carboxylic acids is 2. The van der Waals surface area contributed by atoms with E-state index < -0.39 is 5.91 Å². The number of hydrogen-bond acceptors (Lipinski definition) is 4. The number of nitrogens with one attached hydrogen (secondary N) is 1. The third-order valence-electron chi connectivity index (χ3n) is 3.95. The number of halogens is 1. The molecule has 3 rings (SSSR count). The van der Waals surface area contributed by atoms with Gasteiger partial charge in [-0.15, -0.1) is 0 Å². The second kappa shape index (κ2) is 8.63. The first-order valence-electron chi connectivity index (χ1n) is 8.52. The van der Waals surface area contributed by atoms with Gasteiger partial charge in [-0.25, -0.2) is 0 Å². The molecule has 0 aliphatic heterocycles. The number of furan rings is 1. The third-order valence-corrected chi connectivity index (χ3v) is 4.28. The minimum absolute atomic E-state index is 0.145. The van der Waals surface area contributed by atoms with Gasteiger partial charge in [0.1, 0.15) is 12.4 Å². The lowest BCUT2D eigenvalue weighted by atomic mass is 10.1. The first-order chi connectivity index (χ1) is 13.5. The molecule has 2 aromatic carbocycles. The van der Waals surface area contributed by atoms with E-state index in [-0.39, 0.29) is 18.3 Å². The van der Waals surface area contributed by atoms with E-state index >= 15 is 0 Å². The van der Waals surface area contributed by atoms with Crippen LogP contribution in [0.25, 0.3) is 0 Å². The lowest BCUT2D eigenvalue weighted by molar-refractivity contribution is 0.0827. The predicted molar refractivity (Wildman–Crippen MR) is 107 cm³/mol. The van der Waals surface area contributed by atoms with Crippen LogP contribution in [0.1, 0.15) is 26.5 Å². The minimum Gasteiger partial charge on any atom is -0.489 e. The highest BCUT2D eigenvalue weighted by atomic mass is 35.5. The summed E-state index contributed by atoms with van der Waals surface area (Å²) in [4.78, 5) is 26.2. The Morgan fingerprint density at radius 2 is 1.86 bits per heavy atom. The number of benzene rings is 2. The molecule has 0 saturated carbocycles. The van der Waals surface area contributed by atoms with Gasteiger partial charge in [0.05, 0.1) is 16.8 Å². The smallest absolute Gasteiger partial charge is 0.291 e. The summed E-state index contributed by atoms with van der Waals surface area (Å²) in [6.45, 7) is 0.189. The second-order valence-electron chi connectivity index (χ2n) is 6.23. The molecule has 0 unspecified atom stereocenters. The van der Waals surface area contributed by atoms with E-state index in [0.29, 0.717) is 27.6 Å². The fourth-order valence-corrected chi connectivity index (χ4v) is 2.72. The lowest BCUT2D eigenvalue weighted by Gasteiger charge is -2.13. The number of amides is 2. The van der Waals surface area contributed by atoms with Gasteiger partial charge in [-0.1, -0.05) is 29.8 Å². The fraction of sp³-hybridized carbons (Fsp3) is 0.143. The Hall–Kier alpha value is -3.25. The molecule has 3 aromatic rings. The molecule has 6 nitrogen and oxygen atoms in total.